The number of amidine groups is 1. The summed E-state index contributed by atoms with van der Waals surface area (Å²) < 4.78 is 0. The summed E-state index contributed by atoms with van der Waals surface area (Å²) in [6.45, 7) is 1.88. The van der Waals surface area contributed by atoms with Gasteiger partial charge in [0.15, 0.2) is 0 Å². The minimum absolute atomic E-state index is 0.514. The van der Waals surface area contributed by atoms with Gasteiger partial charge in [-0.25, -0.2) is 4.98 Å². The van der Waals surface area contributed by atoms with Gasteiger partial charge in [-0.3, -0.25) is 4.99 Å². The van der Waals surface area contributed by atoms with Gasteiger partial charge in [-0.15, -0.1) is 0 Å². The Morgan fingerprint density at radius 3 is 2.92 bits per heavy atom. The molecule has 0 amide bonds. The highest BCUT2D eigenvalue weighted by molar-refractivity contribution is 6.29. The molecule has 13 heavy (non-hydrogen) atoms. The maximum absolute atomic E-state index is 5.68. The molecule has 1 aliphatic heterocycles. The van der Waals surface area contributed by atoms with Crippen LogP contribution in [0.1, 0.15) is 12.0 Å². The lowest BCUT2D eigenvalue weighted by molar-refractivity contribution is 0.742. The molecule has 0 spiro atoms. The van der Waals surface area contributed by atoms with Crippen LogP contribution in [-0.2, 0) is 0 Å². The Morgan fingerprint density at radius 1 is 1.38 bits per heavy atom. The second-order valence-electron chi connectivity index (χ2n) is 2.88. The summed E-state index contributed by atoms with van der Waals surface area (Å²) in [5, 5.41) is 3.74. The molecule has 68 valence electrons. The first-order valence-corrected chi connectivity index (χ1v) is 4.64. The zero-order chi connectivity index (χ0) is 9.10. The molecule has 4 heteroatoms. The highest BCUT2D eigenvalue weighted by Crippen LogP contribution is 2.06. The van der Waals surface area contributed by atoms with Crippen molar-refractivity contribution in [1.82, 2.24) is 10.3 Å². The van der Waals surface area contributed by atoms with Crippen LogP contribution in [0.25, 0.3) is 0 Å². The van der Waals surface area contributed by atoms with Crippen molar-refractivity contribution in [3.8, 4) is 0 Å². The number of nitrogens with zero attached hydrogens (tertiary/aromatic N) is 2. The molecule has 0 bridgehead atoms. The molecule has 0 fully saturated rings. The van der Waals surface area contributed by atoms with Crippen LogP contribution in [0.15, 0.2) is 23.3 Å². The van der Waals surface area contributed by atoms with Gasteiger partial charge in [-0.05, 0) is 18.6 Å². The van der Waals surface area contributed by atoms with Gasteiger partial charge in [-0.2, -0.15) is 0 Å². The van der Waals surface area contributed by atoms with Crippen LogP contribution in [0.4, 0.5) is 0 Å². The molecule has 0 radical (unpaired) electrons. The highest BCUT2D eigenvalue weighted by atomic mass is 35.5. The highest BCUT2D eigenvalue weighted by Gasteiger charge is 2.06. The molecule has 1 aromatic heterocycles. The summed E-state index contributed by atoms with van der Waals surface area (Å²) in [6, 6.07) is 3.70. The van der Waals surface area contributed by atoms with Crippen LogP contribution in [0, 0.1) is 0 Å². The van der Waals surface area contributed by atoms with Crippen molar-refractivity contribution in [3.05, 3.63) is 29.0 Å². The second kappa shape index (κ2) is 3.75. The van der Waals surface area contributed by atoms with Crippen molar-refractivity contribution < 1.29 is 0 Å². The number of aromatic nitrogens is 1. The Labute approximate surface area is 81.9 Å². The Balaban J connectivity index is 2.24. The maximum atomic E-state index is 5.68. The monoisotopic (exact) mass is 195 g/mol. The molecule has 0 atom stereocenters. The molecule has 1 aromatic rings. The van der Waals surface area contributed by atoms with Crippen molar-refractivity contribution in [2.24, 2.45) is 4.99 Å². The summed E-state index contributed by atoms with van der Waals surface area (Å²) >= 11 is 5.68. The molecule has 0 saturated heterocycles. The lowest BCUT2D eigenvalue weighted by Crippen LogP contribution is -2.30. The Bertz CT molecular complexity index is 318. The van der Waals surface area contributed by atoms with E-state index in [9.17, 15) is 0 Å². The van der Waals surface area contributed by atoms with Crippen LogP contribution in [0.3, 0.4) is 0 Å². The minimum atomic E-state index is 0.514. The van der Waals surface area contributed by atoms with Gasteiger partial charge in [0.1, 0.15) is 11.0 Å². The van der Waals surface area contributed by atoms with Gasteiger partial charge in [0.25, 0.3) is 0 Å². The third-order valence-corrected chi connectivity index (χ3v) is 2.12. The van der Waals surface area contributed by atoms with E-state index in [0.717, 1.165) is 30.9 Å². The van der Waals surface area contributed by atoms with E-state index in [-0.39, 0.29) is 0 Å². The molecule has 0 unspecified atom stereocenters. The zero-order valence-electron chi connectivity index (χ0n) is 7.13. The van der Waals surface area contributed by atoms with E-state index < -0.39 is 0 Å². The number of nitrogens with one attached hydrogen (secondary N) is 1. The third kappa shape index (κ3) is 1.98. The van der Waals surface area contributed by atoms with Crippen molar-refractivity contribution in [3.63, 3.8) is 0 Å². The van der Waals surface area contributed by atoms with E-state index in [2.05, 4.69) is 15.3 Å². The molecule has 2 rings (SSSR count). The quantitative estimate of drug-likeness (QED) is 0.690. The van der Waals surface area contributed by atoms with Crippen molar-refractivity contribution in [2.45, 2.75) is 6.42 Å². The van der Waals surface area contributed by atoms with E-state index in [1.807, 2.05) is 6.07 Å². The summed E-state index contributed by atoms with van der Waals surface area (Å²) in [5.74, 6) is 0.926. The summed E-state index contributed by atoms with van der Waals surface area (Å²) in [7, 11) is 0. The predicted octanol–water partition coefficient (Wildman–Crippen LogP) is 1.47. The number of halogens is 1. The first-order chi connectivity index (χ1) is 6.36. The fraction of sp³-hybridized carbons (Fsp3) is 0.333. The molecule has 1 aliphatic rings. The fourth-order valence-corrected chi connectivity index (χ4v) is 1.35. The van der Waals surface area contributed by atoms with Gasteiger partial charge < -0.3 is 5.32 Å². The van der Waals surface area contributed by atoms with Crippen LogP contribution in [-0.4, -0.2) is 23.9 Å². The lowest BCUT2D eigenvalue weighted by atomic mass is 10.2. The second-order valence-corrected chi connectivity index (χ2v) is 3.27. The molecule has 0 aromatic carbocycles. The normalized spacial score (nSPS) is 16.2. The van der Waals surface area contributed by atoms with Crippen LogP contribution in [0.5, 0.6) is 0 Å². The maximum Gasteiger partial charge on any atom is 0.129 e. The SMILES string of the molecule is Clc1ccc(C2=NCCCN2)cn1. The van der Waals surface area contributed by atoms with Crippen molar-refractivity contribution >= 4 is 17.4 Å². The van der Waals surface area contributed by atoms with E-state index in [0.29, 0.717) is 5.15 Å². The Hall–Kier alpha value is -1.09. The molecule has 0 saturated carbocycles. The standard InChI is InChI=1S/C9H10ClN3/c10-8-3-2-7(6-13-8)9-11-4-1-5-12-9/h2-3,6H,1,4-5H2,(H,11,12). The fourth-order valence-electron chi connectivity index (χ4n) is 1.24. The number of hydrogen-bond acceptors (Lipinski definition) is 3. The average Bonchev–Trinajstić information content (AvgIpc) is 2.20. The number of aliphatic imine (C=N–C) groups is 1. The number of hydrogen-bond donors (Lipinski definition) is 1. The molecule has 1 N–H and O–H groups in total. The minimum Gasteiger partial charge on any atom is -0.370 e. The zero-order valence-corrected chi connectivity index (χ0v) is 7.88. The topological polar surface area (TPSA) is 37.3 Å². The van der Waals surface area contributed by atoms with Crippen LogP contribution in [0.2, 0.25) is 5.15 Å². The molecule has 2 heterocycles. The predicted molar refractivity (Wildman–Crippen MR) is 53.3 cm³/mol. The van der Waals surface area contributed by atoms with Gasteiger partial charge in [-0.1, -0.05) is 11.6 Å². The van der Waals surface area contributed by atoms with E-state index in [1.165, 1.54) is 0 Å². The molecule has 0 aliphatic carbocycles. The Kier molecular flexibility index (Phi) is 2.45. The first kappa shape index (κ1) is 8.51. The van der Waals surface area contributed by atoms with Crippen molar-refractivity contribution in [2.75, 3.05) is 13.1 Å². The third-order valence-electron chi connectivity index (χ3n) is 1.90. The first-order valence-electron chi connectivity index (χ1n) is 4.26. The van der Waals surface area contributed by atoms with E-state index in [4.69, 9.17) is 11.6 Å². The average molecular weight is 196 g/mol. The van der Waals surface area contributed by atoms with Gasteiger partial charge in [0.2, 0.25) is 0 Å². The molecular weight excluding hydrogens is 186 g/mol. The van der Waals surface area contributed by atoms with Gasteiger partial charge in [0, 0.05) is 24.8 Å². The van der Waals surface area contributed by atoms with Crippen LogP contribution < -0.4 is 5.32 Å². The van der Waals surface area contributed by atoms with Crippen molar-refractivity contribution in [1.29, 1.82) is 0 Å². The number of rotatable bonds is 1. The number of pyridine rings is 1. The molecule has 3 nitrogen and oxygen atoms in total. The Morgan fingerprint density at radius 2 is 2.31 bits per heavy atom. The summed E-state index contributed by atoms with van der Waals surface area (Å²) in [5.41, 5.74) is 1.00. The lowest BCUT2D eigenvalue weighted by Gasteiger charge is -2.13. The largest absolute Gasteiger partial charge is 0.370 e. The van der Waals surface area contributed by atoms with Gasteiger partial charge >= 0.3 is 0 Å². The van der Waals surface area contributed by atoms with E-state index >= 15 is 0 Å². The summed E-state index contributed by atoms with van der Waals surface area (Å²) in [4.78, 5) is 8.35. The van der Waals surface area contributed by atoms with Crippen LogP contribution >= 0.6 is 11.6 Å². The molecular formula is C9H10ClN3. The van der Waals surface area contributed by atoms with E-state index in [1.54, 1.807) is 12.3 Å². The smallest absolute Gasteiger partial charge is 0.129 e. The van der Waals surface area contributed by atoms with Gasteiger partial charge in [0.05, 0.1) is 0 Å². The summed E-state index contributed by atoms with van der Waals surface area (Å²) in [6.07, 6.45) is 2.84.